The predicted molar refractivity (Wildman–Crippen MR) is 85.3 cm³/mol. The van der Waals surface area contributed by atoms with Crippen LogP contribution in [0, 0.1) is 5.92 Å². The third-order valence-corrected chi connectivity index (χ3v) is 4.70. The summed E-state index contributed by atoms with van der Waals surface area (Å²) < 4.78 is 5.47. The first-order valence-electron chi connectivity index (χ1n) is 7.78. The largest absolute Gasteiger partial charge is 0.381 e. The van der Waals surface area contributed by atoms with E-state index in [0.29, 0.717) is 5.92 Å². The van der Waals surface area contributed by atoms with Crippen LogP contribution in [0.4, 0.5) is 0 Å². The van der Waals surface area contributed by atoms with E-state index < -0.39 is 0 Å². The molecule has 0 saturated carbocycles. The maximum absolute atomic E-state index is 5.47. The second-order valence-corrected chi connectivity index (χ2v) is 7.93. The molecule has 1 saturated heterocycles. The predicted octanol–water partition coefficient (Wildman–Crippen LogP) is 3.56. The van der Waals surface area contributed by atoms with Crippen LogP contribution in [0.3, 0.4) is 0 Å². The minimum Gasteiger partial charge on any atom is -0.381 e. The Morgan fingerprint density at radius 2 is 2.20 bits per heavy atom. The van der Waals surface area contributed by atoms with Crippen LogP contribution in [-0.4, -0.2) is 23.7 Å². The smallest absolute Gasteiger partial charge is 0.0935 e. The lowest BCUT2D eigenvalue weighted by molar-refractivity contribution is 0.186. The van der Waals surface area contributed by atoms with Gasteiger partial charge in [0, 0.05) is 36.6 Å². The van der Waals surface area contributed by atoms with E-state index >= 15 is 0 Å². The van der Waals surface area contributed by atoms with Gasteiger partial charge in [0.25, 0.3) is 0 Å². The van der Waals surface area contributed by atoms with Gasteiger partial charge in [-0.1, -0.05) is 13.3 Å². The van der Waals surface area contributed by atoms with Crippen molar-refractivity contribution in [1.29, 1.82) is 0 Å². The molecule has 1 fully saturated rings. The molecule has 0 aromatic carbocycles. The molecule has 1 atom stereocenters. The Kier molecular flexibility index (Phi) is 5.58. The quantitative estimate of drug-likeness (QED) is 0.871. The van der Waals surface area contributed by atoms with Gasteiger partial charge in [0.2, 0.25) is 0 Å². The third kappa shape index (κ3) is 4.83. The number of aryl methyl sites for hydroxylation is 1. The van der Waals surface area contributed by atoms with Gasteiger partial charge < -0.3 is 10.1 Å². The molecular formula is C16H28N2OS. The van der Waals surface area contributed by atoms with Crippen LogP contribution >= 0.6 is 11.3 Å². The Balaban J connectivity index is 2.02. The molecule has 0 amide bonds. The number of hydrogen-bond donors (Lipinski definition) is 1. The average molecular weight is 296 g/mol. The van der Waals surface area contributed by atoms with Gasteiger partial charge in [-0.3, -0.25) is 0 Å². The second kappa shape index (κ2) is 7.01. The number of ether oxygens (including phenoxy) is 1. The third-order valence-electron chi connectivity index (χ3n) is 3.58. The number of nitrogens with zero attached hydrogens (tertiary/aromatic N) is 1. The summed E-state index contributed by atoms with van der Waals surface area (Å²) in [6.45, 7) is 11.6. The molecule has 1 aromatic rings. The first-order chi connectivity index (χ1) is 9.48. The maximum atomic E-state index is 5.47. The lowest BCUT2D eigenvalue weighted by Crippen LogP contribution is -2.35. The van der Waals surface area contributed by atoms with Crippen LogP contribution in [0.1, 0.15) is 56.1 Å². The number of thiazole rings is 1. The molecule has 4 heteroatoms. The molecule has 2 rings (SSSR count). The molecule has 1 aliphatic heterocycles. The molecule has 1 aliphatic rings. The van der Waals surface area contributed by atoms with E-state index in [1.54, 1.807) is 0 Å². The Morgan fingerprint density at radius 1 is 1.40 bits per heavy atom. The topological polar surface area (TPSA) is 34.1 Å². The number of rotatable bonds is 6. The monoisotopic (exact) mass is 296 g/mol. The highest BCUT2D eigenvalue weighted by atomic mass is 32.1. The first kappa shape index (κ1) is 15.9. The van der Waals surface area contributed by atoms with Gasteiger partial charge in [-0.25, -0.2) is 4.98 Å². The highest BCUT2D eigenvalue weighted by molar-refractivity contribution is 7.11. The number of nitrogens with one attached hydrogen (secondary N) is 1. The zero-order chi connectivity index (χ0) is 14.6. The molecule has 0 aliphatic carbocycles. The lowest BCUT2D eigenvalue weighted by Gasteiger charge is -2.20. The van der Waals surface area contributed by atoms with Crippen LogP contribution in [0.15, 0.2) is 0 Å². The Morgan fingerprint density at radius 3 is 2.80 bits per heavy atom. The van der Waals surface area contributed by atoms with E-state index in [4.69, 9.17) is 9.72 Å². The van der Waals surface area contributed by atoms with Crippen molar-refractivity contribution >= 4 is 11.3 Å². The summed E-state index contributed by atoms with van der Waals surface area (Å²) in [6.07, 6.45) is 4.55. The van der Waals surface area contributed by atoms with E-state index in [1.165, 1.54) is 22.0 Å². The molecule has 1 aromatic heterocycles. The van der Waals surface area contributed by atoms with Gasteiger partial charge in [0.15, 0.2) is 0 Å². The van der Waals surface area contributed by atoms with Gasteiger partial charge in [-0.05, 0) is 39.5 Å². The molecule has 3 nitrogen and oxygen atoms in total. The van der Waals surface area contributed by atoms with E-state index in [2.05, 4.69) is 33.0 Å². The Bertz CT molecular complexity index is 417. The minimum absolute atomic E-state index is 0.160. The van der Waals surface area contributed by atoms with E-state index in [9.17, 15) is 0 Å². The second-order valence-electron chi connectivity index (χ2n) is 6.76. The van der Waals surface area contributed by atoms with Crippen molar-refractivity contribution in [3.05, 3.63) is 15.6 Å². The molecule has 114 valence electrons. The number of aromatic nitrogens is 1. The molecule has 2 heterocycles. The van der Waals surface area contributed by atoms with Crippen molar-refractivity contribution in [2.24, 2.45) is 5.92 Å². The van der Waals surface area contributed by atoms with Crippen LogP contribution in [0.2, 0.25) is 0 Å². The highest BCUT2D eigenvalue weighted by Gasteiger charge is 2.20. The highest BCUT2D eigenvalue weighted by Crippen LogP contribution is 2.25. The van der Waals surface area contributed by atoms with Gasteiger partial charge in [0.05, 0.1) is 10.7 Å². The summed E-state index contributed by atoms with van der Waals surface area (Å²) in [7, 11) is 0. The SMILES string of the molecule is CCCc1nc(CC2CCOC2)sc1CNC(C)(C)C. The summed E-state index contributed by atoms with van der Waals surface area (Å²) in [4.78, 5) is 6.31. The fourth-order valence-electron chi connectivity index (χ4n) is 2.43. The first-order valence-corrected chi connectivity index (χ1v) is 8.60. The molecule has 0 bridgehead atoms. The van der Waals surface area contributed by atoms with Crippen molar-refractivity contribution < 1.29 is 4.74 Å². The number of hydrogen-bond acceptors (Lipinski definition) is 4. The van der Waals surface area contributed by atoms with Crippen LogP contribution < -0.4 is 5.32 Å². The van der Waals surface area contributed by atoms with Crippen LogP contribution in [0.5, 0.6) is 0 Å². The van der Waals surface area contributed by atoms with E-state index in [1.807, 2.05) is 11.3 Å². The van der Waals surface area contributed by atoms with E-state index in [-0.39, 0.29) is 5.54 Å². The van der Waals surface area contributed by atoms with Crippen LogP contribution in [0.25, 0.3) is 0 Å². The summed E-state index contributed by atoms with van der Waals surface area (Å²) in [6, 6.07) is 0. The van der Waals surface area contributed by atoms with Crippen molar-refractivity contribution in [3.8, 4) is 0 Å². The minimum atomic E-state index is 0.160. The van der Waals surface area contributed by atoms with Crippen molar-refractivity contribution in [3.63, 3.8) is 0 Å². The standard InChI is InChI=1S/C16H28N2OS/c1-5-6-13-14(10-17-16(2,3)4)20-15(18-13)9-12-7-8-19-11-12/h12,17H,5-11H2,1-4H3. The van der Waals surface area contributed by atoms with Gasteiger partial charge >= 0.3 is 0 Å². The van der Waals surface area contributed by atoms with Gasteiger partial charge in [0.1, 0.15) is 0 Å². The lowest BCUT2D eigenvalue weighted by atomic mass is 10.1. The molecule has 1 unspecified atom stereocenters. The van der Waals surface area contributed by atoms with Crippen LogP contribution in [-0.2, 0) is 24.1 Å². The maximum Gasteiger partial charge on any atom is 0.0935 e. The molecule has 0 radical (unpaired) electrons. The molecule has 1 N–H and O–H groups in total. The Labute approximate surface area is 127 Å². The average Bonchev–Trinajstić information content (AvgIpc) is 2.97. The Hall–Kier alpha value is -0.450. The summed E-state index contributed by atoms with van der Waals surface area (Å²) in [5.41, 5.74) is 1.47. The zero-order valence-electron chi connectivity index (χ0n) is 13.3. The fraction of sp³-hybridized carbons (Fsp3) is 0.812. The van der Waals surface area contributed by atoms with Gasteiger partial charge in [-0.2, -0.15) is 0 Å². The molecule has 0 spiro atoms. The molecular weight excluding hydrogens is 268 g/mol. The summed E-state index contributed by atoms with van der Waals surface area (Å²) in [5, 5.41) is 4.89. The normalized spacial score (nSPS) is 19.7. The zero-order valence-corrected chi connectivity index (χ0v) is 14.1. The van der Waals surface area contributed by atoms with Crippen molar-refractivity contribution in [2.45, 2.75) is 65.5 Å². The molecule has 20 heavy (non-hydrogen) atoms. The van der Waals surface area contributed by atoms with E-state index in [0.717, 1.165) is 39.0 Å². The van der Waals surface area contributed by atoms with Gasteiger partial charge in [-0.15, -0.1) is 11.3 Å². The van der Waals surface area contributed by atoms with Crippen molar-refractivity contribution in [1.82, 2.24) is 10.3 Å². The fourth-order valence-corrected chi connectivity index (χ4v) is 3.60. The summed E-state index contributed by atoms with van der Waals surface area (Å²) in [5.74, 6) is 0.680. The summed E-state index contributed by atoms with van der Waals surface area (Å²) >= 11 is 1.90. The van der Waals surface area contributed by atoms with Crippen molar-refractivity contribution in [2.75, 3.05) is 13.2 Å².